The predicted molar refractivity (Wildman–Crippen MR) is 163 cm³/mol. The first-order valence-corrected chi connectivity index (χ1v) is 17.1. The van der Waals surface area contributed by atoms with Crippen molar-refractivity contribution in [3.63, 3.8) is 0 Å². The Bertz CT molecular complexity index is 1380. The second kappa shape index (κ2) is 13.4. The van der Waals surface area contributed by atoms with E-state index < -0.39 is 27.1 Å². The summed E-state index contributed by atoms with van der Waals surface area (Å²) in [5.41, 5.74) is 8.54. The van der Waals surface area contributed by atoms with Crippen molar-refractivity contribution in [3.05, 3.63) is 70.8 Å². The largest absolute Gasteiger partial charge is 0.376 e. The Morgan fingerprint density at radius 1 is 1.07 bits per heavy atom. The van der Waals surface area contributed by atoms with E-state index in [-0.39, 0.29) is 54.1 Å². The summed E-state index contributed by atoms with van der Waals surface area (Å²) in [6.45, 7) is 6.73. The lowest BCUT2D eigenvalue weighted by molar-refractivity contribution is -0.121. The summed E-state index contributed by atoms with van der Waals surface area (Å²) in [4.78, 5) is 13.8. The van der Waals surface area contributed by atoms with Gasteiger partial charge in [0.15, 0.2) is 5.78 Å². The zero-order valence-corrected chi connectivity index (χ0v) is 26.2. The average molecular weight is 618 g/mol. The maximum absolute atomic E-state index is 15.3. The number of nitrogens with two attached hydrogens (primary N) is 1. The lowest BCUT2D eigenvalue weighted by Crippen LogP contribution is -2.57. The molecule has 3 fully saturated rings. The predicted octanol–water partition coefficient (Wildman–Crippen LogP) is 4.48. The van der Waals surface area contributed by atoms with Crippen molar-refractivity contribution >= 4 is 15.8 Å². The Hall–Kier alpha value is -2.24. The summed E-state index contributed by atoms with van der Waals surface area (Å²) in [6.07, 6.45) is 3.61. The fourth-order valence-corrected chi connectivity index (χ4v) is 9.36. The van der Waals surface area contributed by atoms with Gasteiger partial charge in [0, 0.05) is 37.5 Å². The molecule has 0 aliphatic carbocycles. The number of carbonyl (C=O) groups excluding carboxylic acids is 1. The molecule has 0 amide bonds. The maximum atomic E-state index is 15.3. The number of halogens is 2. The number of benzene rings is 2. The second-order valence-corrected chi connectivity index (χ2v) is 15.2. The molecule has 0 aromatic heterocycles. The third-order valence-electron chi connectivity index (χ3n) is 9.77. The maximum Gasteiger partial charge on any atom is 0.217 e. The summed E-state index contributed by atoms with van der Waals surface area (Å²) >= 11 is 0. The second-order valence-electron chi connectivity index (χ2n) is 12.9. The Balaban J connectivity index is 1.34. The number of carbonyl (C=O) groups is 1. The normalized spacial score (nSPS) is 32.0. The standard InChI is InChI=1S/C33H45F2N3O4S/c1-20-15-25(16-21(2)42-20)32(23-8-10-26(34)11-9-23)33(36)31(39)17-24-5-4-6-30(35)29(24)14-13-28-18-37-27-12-7-22(3)43(40,41)38(28)19-27/h4-6,8-11,20-22,25,27-28,32-33,37H,7,12-19,36H2,1-3H3/t20-,21+,22?,25?,27-,28+,32+,33-/m1/s1. The number of fused-ring (bicyclic) bond motifs is 2. The van der Waals surface area contributed by atoms with Crippen LogP contribution in [-0.2, 0) is 32.4 Å². The first-order valence-electron chi connectivity index (χ1n) is 15.6. The number of ketones is 1. The fraction of sp³-hybridized carbons (Fsp3) is 0.606. The lowest BCUT2D eigenvalue weighted by atomic mass is 9.73. The van der Waals surface area contributed by atoms with Crippen LogP contribution >= 0.6 is 0 Å². The van der Waals surface area contributed by atoms with Crippen LogP contribution in [0.2, 0.25) is 0 Å². The van der Waals surface area contributed by atoms with Gasteiger partial charge in [-0.05, 0) is 100 Å². The van der Waals surface area contributed by atoms with Crippen molar-refractivity contribution in [1.82, 2.24) is 9.62 Å². The van der Waals surface area contributed by atoms with E-state index in [0.29, 0.717) is 43.5 Å². The molecular formula is C33H45F2N3O4S. The summed E-state index contributed by atoms with van der Waals surface area (Å²) in [5.74, 6) is -1.24. The molecule has 10 heteroatoms. The third kappa shape index (κ3) is 7.20. The highest BCUT2D eigenvalue weighted by atomic mass is 32.2. The fourth-order valence-electron chi connectivity index (χ4n) is 7.48. The molecular weight excluding hydrogens is 572 g/mol. The van der Waals surface area contributed by atoms with Crippen LogP contribution < -0.4 is 11.1 Å². The van der Waals surface area contributed by atoms with Crippen LogP contribution in [0.15, 0.2) is 42.5 Å². The molecule has 2 aromatic carbocycles. The number of piperazine rings is 1. The molecule has 3 unspecified atom stereocenters. The van der Waals surface area contributed by atoms with E-state index in [4.69, 9.17) is 10.5 Å². The van der Waals surface area contributed by atoms with Gasteiger partial charge >= 0.3 is 0 Å². The number of rotatable bonds is 9. The highest BCUT2D eigenvalue weighted by molar-refractivity contribution is 7.89. The number of ether oxygens (including phenoxy) is 1. The summed E-state index contributed by atoms with van der Waals surface area (Å²) < 4.78 is 63.1. The van der Waals surface area contributed by atoms with Crippen LogP contribution in [0.3, 0.4) is 0 Å². The molecule has 43 heavy (non-hydrogen) atoms. The van der Waals surface area contributed by atoms with Crippen LogP contribution in [0, 0.1) is 17.6 Å². The molecule has 3 aliphatic rings. The van der Waals surface area contributed by atoms with E-state index in [1.807, 2.05) is 13.8 Å². The first kappa shape index (κ1) is 32.2. The Kier molecular flexibility index (Phi) is 10.0. The Labute approximate surface area is 254 Å². The number of Topliss-reactive ketones (excluding diaryl/α,β-unsaturated/α-hetero) is 1. The topological polar surface area (TPSA) is 102 Å². The Morgan fingerprint density at radius 2 is 1.77 bits per heavy atom. The monoisotopic (exact) mass is 617 g/mol. The third-order valence-corrected chi connectivity index (χ3v) is 12.1. The highest BCUT2D eigenvalue weighted by Gasteiger charge is 2.42. The number of nitrogens with zero attached hydrogens (tertiary/aromatic N) is 1. The zero-order valence-electron chi connectivity index (χ0n) is 25.3. The molecule has 5 rings (SSSR count). The molecule has 0 saturated carbocycles. The van der Waals surface area contributed by atoms with Crippen molar-refractivity contribution in [2.45, 2.75) is 107 Å². The average Bonchev–Trinajstić information content (AvgIpc) is 3.04. The minimum atomic E-state index is -3.44. The van der Waals surface area contributed by atoms with Crippen LogP contribution in [0.4, 0.5) is 8.78 Å². The first-order chi connectivity index (χ1) is 20.4. The van der Waals surface area contributed by atoms with Gasteiger partial charge in [0.2, 0.25) is 10.0 Å². The van der Waals surface area contributed by atoms with Gasteiger partial charge in [0.1, 0.15) is 11.6 Å². The Morgan fingerprint density at radius 3 is 2.47 bits per heavy atom. The number of hydrogen-bond acceptors (Lipinski definition) is 6. The van der Waals surface area contributed by atoms with Gasteiger partial charge in [-0.2, -0.15) is 4.31 Å². The van der Waals surface area contributed by atoms with Crippen molar-refractivity contribution in [1.29, 1.82) is 0 Å². The summed E-state index contributed by atoms with van der Waals surface area (Å²) in [5, 5.41) is 3.03. The van der Waals surface area contributed by atoms with E-state index in [1.165, 1.54) is 18.2 Å². The summed E-state index contributed by atoms with van der Waals surface area (Å²) in [7, 11) is -3.44. The van der Waals surface area contributed by atoms with Gasteiger partial charge in [-0.15, -0.1) is 0 Å². The van der Waals surface area contributed by atoms with Crippen molar-refractivity contribution in [2.75, 3.05) is 13.1 Å². The van der Waals surface area contributed by atoms with E-state index in [0.717, 1.165) is 24.8 Å². The van der Waals surface area contributed by atoms with Gasteiger partial charge in [0.25, 0.3) is 0 Å². The van der Waals surface area contributed by atoms with E-state index >= 15 is 4.39 Å². The van der Waals surface area contributed by atoms with Crippen molar-refractivity contribution < 1.29 is 26.7 Å². The van der Waals surface area contributed by atoms with E-state index in [9.17, 15) is 17.6 Å². The number of sulfonamides is 1. The zero-order chi connectivity index (χ0) is 30.9. The van der Waals surface area contributed by atoms with Gasteiger partial charge in [0.05, 0.1) is 23.5 Å². The molecule has 9 atom stereocenters. The van der Waals surface area contributed by atoms with Crippen molar-refractivity contribution in [2.24, 2.45) is 11.7 Å². The van der Waals surface area contributed by atoms with Gasteiger partial charge in [-0.25, -0.2) is 17.2 Å². The minimum Gasteiger partial charge on any atom is -0.376 e. The molecule has 7 nitrogen and oxygen atoms in total. The molecule has 3 saturated heterocycles. The SMILES string of the molecule is CC1CC[C@@H]2CN([C@@H](CCc3c(F)cccc3CC(=O)[C@@H](N)[C@@H](c3ccc(F)cc3)C3C[C@@H](C)O[C@@H](C)C3)CN2)S1(=O)=O. The van der Waals surface area contributed by atoms with Gasteiger partial charge < -0.3 is 15.8 Å². The number of hydrogen-bond donors (Lipinski definition) is 2. The molecule has 0 spiro atoms. The summed E-state index contributed by atoms with van der Waals surface area (Å²) in [6, 6.07) is 9.91. The van der Waals surface area contributed by atoms with Crippen LogP contribution in [-0.4, -0.2) is 67.2 Å². The molecule has 3 aliphatic heterocycles. The molecule has 2 bridgehead atoms. The quantitative estimate of drug-likeness (QED) is 0.431. The molecule has 3 heterocycles. The molecule has 3 N–H and O–H groups in total. The minimum absolute atomic E-state index is 0.00869. The highest BCUT2D eigenvalue weighted by Crippen LogP contribution is 2.39. The molecule has 2 aromatic rings. The number of nitrogens with one attached hydrogen (secondary N) is 1. The van der Waals surface area contributed by atoms with Gasteiger partial charge in [-0.1, -0.05) is 24.3 Å². The van der Waals surface area contributed by atoms with Crippen LogP contribution in [0.5, 0.6) is 0 Å². The lowest BCUT2D eigenvalue weighted by Gasteiger charge is -2.39. The van der Waals surface area contributed by atoms with E-state index in [2.05, 4.69) is 5.32 Å². The van der Waals surface area contributed by atoms with Crippen molar-refractivity contribution in [3.8, 4) is 0 Å². The van der Waals surface area contributed by atoms with E-state index in [1.54, 1.807) is 35.5 Å². The molecule has 236 valence electrons. The van der Waals surface area contributed by atoms with Crippen LogP contribution in [0.25, 0.3) is 0 Å². The smallest absolute Gasteiger partial charge is 0.217 e. The molecule has 0 radical (unpaired) electrons. The van der Waals surface area contributed by atoms with Crippen LogP contribution in [0.1, 0.15) is 75.5 Å². The van der Waals surface area contributed by atoms with Gasteiger partial charge in [-0.3, -0.25) is 4.79 Å².